The van der Waals surface area contributed by atoms with Crippen LogP contribution in [0.1, 0.15) is 18.1 Å². The summed E-state index contributed by atoms with van der Waals surface area (Å²) in [7, 11) is 0. The molecule has 1 heterocycles. The number of nitrogens with one attached hydrogen (secondary N) is 3. The van der Waals surface area contributed by atoms with E-state index in [0.29, 0.717) is 16.9 Å². The molecule has 0 unspecified atom stereocenters. The number of benzene rings is 1. The van der Waals surface area contributed by atoms with Gasteiger partial charge in [0.1, 0.15) is 29.6 Å². The fraction of sp³-hybridized carbons (Fsp3) is 0.118. The third-order valence-corrected chi connectivity index (χ3v) is 3.35. The molecule has 0 bridgehead atoms. The predicted octanol–water partition coefficient (Wildman–Crippen LogP) is 1.43. The van der Waals surface area contributed by atoms with Crippen LogP contribution < -0.4 is 16.4 Å². The number of amides is 1. The smallest absolute Gasteiger partial charge is 0.262 e. The quantitative estimate of drug-likeness (QED) is 0.272. The van der Waals surface area contributed by atoms with Crippen LogP contribution in [-0.2, 0) is 4.79 Å². The van der Waals surface area contributed by atoms with Gasteiger partial charge in [0, 0.05) is 5.56 Å². The van der Waals surface area contributed by atoms with Crippen LogP contribution in [0.5, 0.6) is 0 Å². The highest BCUT2D eigenvalue weighted by atomic mass is 16.1. The van der Waals surface area contributed by atoms with E-state index in [0.717, 1.165) is 0 Å². The summed E-state index contributed by atoms with van der Waals surface area (Å²) in [4.78, 5) is 19.8. The van der Waals surface area contributed by atoms with Crippen LogP contribution in [0.15, 0.2) is 48.3 Å². The molecule has 0 saturated heterocycles. The molecule has 0 atom stereocenters. The first-order valence-electron chi connectivity index (χ1n) is 7.41. The molecule has 1 amide bonds. The van der Waals surface area contributed by atoms with Crippen molar-refractivity contribution in [2.24, 2.45) is 0 Å². The van der Waals surface area contributed by atoms with Gasteiger partial charge in [-0.3, -0.25) is 10.2 Å². The number of nitrogens with zero attached hydrogens (tertiary/aromatic N) is 3. The second kappa shape index (κ2) is 8.21. The molecule has 25 heavy (non-hydrogen) atoms. The average molecular weight is 335 g/mol. The topological polar surface area (TPSA) is 141 Å². The molecule has 1 aromatic heterocycles. The maximum absolute atomic E-state index is 11.8. The van der Waals surface area contributed by atoms with Crippen molar-refractivity contribution in [3.8, 4) is 6.07 Å². The molecular weight excluding hydrogens is 318 g/mol. The number of nitrogen functional groups attached to an aromatic ring is 1. The Bertz CT molecular complexity index is 853. The van der Waals surface area contributed by atoms with Crippen molar-refractivity contribution >= 4 is 23.3 Å². The van der Waals surface area contributed by atoms with Crippen molar-refractivity contribution in [3.05, 3.63) is 59.4 Å². The number of hydrogen-bond donors (Lipinski definition) is 4. The van der Waals surface area contributed by atoms with Gasteiger partial charge in [-0.15, -0.1) is 0 Å². The highest BCUT2D eigenvalue weighted by molar-refractivity contribution is 6.16. The van der Waals surface area contributed by atoms with Crippen molar-refractivity contribution in [2.45, 2.75) is 6.92 Å². The van der Waals surface area contributed by atoms with Crippen molar-refractivity contribution in [1.29, 1.82) is 10.7 Å². The van der Waals surface area contributed by atoms with E-state index in [-0.39, 0.29) is 23.8 Å². The predicted molar refractivity (Wildman–Crippen MR) is 94.8 cm³/mol. The lowest BCUT2D eigenvalue weighted by Gasteiger charge is -2.14. The number of aromatic nitrogens is 2. The summed E-state index contributed by atoms with van der Waals surface area (Å²) < 4.78 is 0. The summed E-state index contributed by atoms with van der Waals surface area (Å²) in [5.41, 5.74) is 7.10. The van der Waals surface area contributed by atoms with Crippen molar-refractivity contribution in [1.82, 2.24) is 15.3 Å². The molecule has 1 aromatic carbocycles. The van der Waals surface area contributed by atoms with Gasteiger partial charge in [0.15, 0.2) is 0 Å². The lowest BCUT2D eigenvalue weighted by atomic mass is 10.0. The standard InChI is InChI=1S/C17H17N7O/c1-2-11(8-18)17(25)24-10-23-16-13(15(20)21-9-22-16)14(19)12-6-4-3-5-7-12/h2-7,9,19H,10H2,1H3,(H,24,25)(H3,20,21,22,23)/b11-2+,19-14?. The summed E-state index contributed by atoms with van der Waals surface area (Å²) in [6.45, 7) is 1.62. The Hall–Kier alpha value is -3.73. The van der Waals surface area contributed by atoms with E-state index in [2.05, 4.69) is 20.6 Å². The van der Waals surface area contributed by atoms with Crippen LogP contribution in [0.25, 0.3) is 0 Å². The molecule has 5 N–H and O–H groups in total. The number of anilines is 2. The SMILES string of the molecule is C/C=C(\C#N)C(=O)NCNc1ncnc(N)c1C(=N)c1ccccc1. The Kier molecular flexibility index (Phi) is 5.79. The molecule has 0 saturated carbocycles. The average Bonchev–Trinajstić information content (AvgIpc) is 2.63. The molecule has 2 rings (SSSR count). The van der Waals surface area contributed by atoms with E-state index in [1.54, 1.807) is 25.1 Å². The highest BCUT2D eigenvalue weighted by Gasteiger charge is 2.16. The molecule has 0 fully saturated rings. The summed E-state index contributed by atoms with van der Waals surface area (Å²) >= 11 is 0. The lowest BCUT2D eigenvalue weighted by molar-refractivity contribution is -0.117. The zero-order valence-corrected chi connectivity index (χ0v) is 13.6. The number of allylic oxidation sites excluding steroid dienone is 1. The first-order chi connectivity index (χ1) is 12.1. The van der Waals surface area contributed by atoms with E-state index in [1.807, 2.05) is 18.2 Å². The van der Waals surface area contributed by atoms with Gasteiger partial charge >= 0.3 is 0 Å². The zero-order valence-electron chi connectivity index (χ0n) is 13.6. The van der Waals surface area contributed by atoms with Crippen LogP contribution in [0, 0.1) is 16.7 Å². The molecule has 8 heteroatoms. The van der Waals surface area contributed by atoms with Crippen LogP contribution in [0.2, 0.25) is 0 Å². The van der Waals surface area contributed by atoms with Crippen LogP contribution in [0.3, 0.4) is 0 Å². The summed E-state index contributed by atoms with van der Waals surface area (Å²) in [5.74, 6) is -0.0244. The normalized spacial score (nSPS) is 10.6. The molecule has 0 aliphatic carbocycles. The van der Waals surface area contributed by atoms with Crippen molar-refractivity contribution in [3.63, 3.8) is 0 Å². The third kappa shape index (κ3) is 4.17. The molecule has 126 valence electrons. The monoisotopic (exact) mass is 335 g/mol. The maximum Gasteiger partial charge on any atom is 0.262 e. The molecule has 2 aromatic rings. The summed E-state index contributed by atoms with van der Waals surface area (Å²) in [5, 5.41) is 22.6. The first kappa shape index (κ1) is 17.6. The lowest BCUT2D eigenvalue weighted by Crippen LogP contribution is -2.30. The van der Waals surface area contributed by atoms with E-state index in [4.69, 9.17) is 16.4 Å². The van der Waals surface area contributed by atoms with Gasteiger partial charge in [0.05, 0.1) is 17.9 Å². The van der Waals surface area contributed by atoms with E-state index in [1.165, 1.54) is 12.4 Å². The van der Waals surface area contributed by atoms with Gasteiger partial charge in [0.25, 0.3) is 5.91 Å². The Morgan fingerprint density at radius 2 is 2.08 bits per heavy atom. The fourth-order valence-electron chi connectivity index (χ4n) is 2.08. The minimum atomic E-state index is -0.501. The molecule has 0 spiro atoms. The van der Waals surface area contributed by atoms with Crippen molar-refractivity contribution in [2.75, 3.05) is 17.7 Å². The van der Waals surface area contributed by atoms with Gasteiger partial charge in [-0.05, 0) is 6.92 Å². The third-order valence-electron chi connectivity index (χ3n) is 3.35. The van der Waals surface area contributed by atoms with Gasteiger partial charge in [-0.1, -0.05) is 36.4 Å². The van der Waals surface area contributed by atoms with Crippen LogP contribution >= 0.6 is 0 Å². The van der Waals surface area contributed by atoms with Gasteiger partial charge in [-0.25, -0.2) is 9.97 Å². The largest absolute Gasteiger partial charge is 0.383 e. The molecule has 8 nitrogen and oxygen atoms in total. The van der Waals surface area contributed by atoms with Crippen LogP contribution in [-0.4, -0.2) is 28.3 Å². The summed E-state index contributed by atoms with van der Waals surface area (Å²) in [6.07, 6.45) is 2.70. The number of nitriles is 1. The van der Waals surface area contributed by atoms with Gasteiger partial charge < -0.3 is 16.4 Å². The number of carbonyl (C=O) groups is 1. The number of carbonyl (C=O) groups excluding carboxylic acids is 1. The molecule has 0 aliphatic heterocycles. The minimum absolute atomic E-state index is 0.0150. The van der Waals surface area contributed by atoms with E-state index >= 15 is 0 Å². The Morgan fingerprint density at radius 3 is 2.72 bits per heavy atom. The Morgan fingerprint density at radius 1 is 1.36 bits per heavy atom. The van der Waals surface area contributed by atoms with Crippen LogP contribution in [0.4, 0.5) is 11.6 Å². The Labute approximate surface area is 144 Å². The van der Waals surface area contributed by atoms with Gasteiger partial charge in [0.2, 0.25) is 0 Å². The first-order valence-corrected chi connectivity index (χ1v) is 7.41. The fourth-order valence-corrected chi connectivity index (χ4v) is 2.08. The number of nitrogens with two attached hydrogens (primary N) is 1. The van der Waals surface area contributed by atoms with Gasteiger partial charge in [-0.2, -0.15) is 5.26 Å². The van der Waals surface area contributed by atoms with E-state index < -0.39 is 5.91 Å². The second-order valence-corrected chi connectivity index (χ2v) is 4.90. The van der Waals surface area contributed by atoms with E-state index in [9.17, 15) is 4.79 Å². The molecule has 0 aliphatic rings. The number of rotatable bonds is 6. The second-order valence-electron chi connectivity index (χ2n) is 4.90. The number of hydrogen-bond acceptors (Lipinski definition) is 7. The minimum Gasteiger partial charge on any atom is -0.383 e. The highest BCUT2D eigenvalue weighted by Crippen LogP contribution is 2.21. The Balaban J connectivity index is 2.18. The van der Waals surface area contributed by atoms with Crippen molar-refractivity contribution < 1.29 is 4.79 Å². The zero-order chi connectivity index (χ0) is 18.2. The molecular formula is C17H17N7O. The molecule has 0 radical (unpaired) electrons. The summed E-state index contributed by atoms with van der Waals surface area (Å²) in [6, 6.07) is 10.9. The maximum atomic E-state index is 11.8.